The van der Waals surface area contributed by atoms with Gasteiger partial charge in [-0.15, -0.1) is 0 Å². The molecule has 1 amide bonds. The van der Waals surface area contributed by atoms with Crippen molar-refractivity contribution in [3.8, 4) is 0 Å². The molecule has 3 rings (SSSR count). The highest BCUT2D eigenvalue weighted by atomic mass is 19.2. The van der Waals surface area contributed by atoms with Crippen molar-refractivity contribution in [1.82, 2.24) is 15.1 Å². The first-order valence-corrected chi connectivity index (χ1v) is 7.21. The summed E-state index contributed by atoms with van der Waals surface area (Å²) in [6, 6.07) is 3.80. The third kappa shape index (κ3) is 2.91. The molecule has 6 heteroatoms. The zero-order valence-corrected chi connectivity index (χ0v) is 12.0. The largest absolute Gasteiger partial charge is 0.321 e. The van der Waals surface area contributed by atoms with Crippen LogP contribution in [0.5, 0.6) is 0 Å². The number of likely N-dealkylation sites (tertiary alicyclic amines) is 1. The van der Waals surface area contributed by atoms with E-state index in [2.05, 4.69) is 17.3 Å². The Labute approximate surface area is 122 Å². The van der Waals surface area contributed by atoms with E-state index in [0.29, 0.717) is 18.0 Å². The molecule has 1 aromatic carbocycles. The number of rotatable bonds is 3. The number of carbonyl (C=O) groups excluding carboxylic acids is 1. The van der Waals surface area contributed by atoms with Gasteiger partial charge in [-0.2, -0.15) is 0 Å². The highest BCUT2D eigenvalue weighted by molar-refractivity contribution is 5.81. The molecule has 2 heterocycles. The van der Waals surface area contributed by atoms with Crippen LogP contribution < -0.4 is 5.32 Å². The molecule has 114 valence electrons. The second kappa shape index (κ2) is 5.69. The number of amides is 1. The first-order valence-electron chi connectivity index (χ1n) is 7.21. The summed E-state index contributed by atoms with van der Waals surface area (Å²) in [6.07, 6.45) is 0.698. The molecule has 0 aliphatic carbocycles. The first-order chi connectivity index (χ1) is 10.0. The van der Waals surface area contributed by atoms with Crippen molar-refractivity contribution in [1.29, 1.82) is 0 Å². The summed E-state index contributed by atoms with van der Waals surface area (Å²) in [4.78, 5) is 16.0. The lowest BCUT2D eigenvalue weighted by molar-refractivity contribution is -0.128. The minimum Gasteiger partial charge on any atom is -0.321 e. The Morgan fingerprint density at radius 2 is 2.14 bits per heavy atom. The van der Waals surface area contributed by atoms with Crippen molar-refractivity contribution in [2.75, 3.05) is 33.2 Å². The van der Waals surface area contributed by atoms with E-state index in [1.165, 1.54) is 12.1 Å². The van der Waals surface area contributed by atoms with Crippen LogP contribution in [0.15, 0.2) is 18.2 Å². The number of halogens is 2. The van der Waals surface area contributed by atoms with Gasteiger partial charge in [0.1, 0.15) is 6.17 Å². The second-order valence-electron chi connectivity index (χ2n) is 5.92. The fraction of sp³-hybridized carbons (Fsp3) is 0.533. The fourth-order valence-corrected chi connectivity index (χ4v) is 3.18. The van der Waals surface area contributed by atoms with Gasteiger partial charge in [-0.3, -0.25) is 10.1 Å². The van der Waals surface area contributed by atoms with E-state index in [9.17, 15) is 13.6 Å². The molecule has 0 bridgehead atoms. The number of carbonyl (C=O) groups is 1. The molecule has 0 aromatic heterocycles. The molecule has 4 nitrogen and oxygen atoms in total. The zero-order valence-electron chi connectivity index (χ0n) is 12.0. The fourth-order valence-electron chi connectivity index (χ4n) is 3.18. The molecule has 0 radical (unpaired) electrons. The Morgan fingerprint density at radius 1 is 1.33 bits per heavy atom. The highest BCUT2D eigenvalue weighted by Gasteiger charge is 2.34. The number of hydrogen-bond donors (Lipinski definition) is 1. The van der Waals surface area contributed by atoms with Gasteiger partial charge in [0.05, 0.1) is 6.54 Å². The molecule has 1 N–H and O–H groups in total. The average Bonchev–Trinajstić information content (AvgIpc) is 3.01. The SMILES string of the molecule is CN1CCC(CN2C(=O)CNC2c2ccc(F)c(F)c2)C1. The van der Waals surface area contributed by atoms with E-state index in [-0.39, 0.29) is 18.6 Å². The summed E-state index contributed by atoms with van der Waals surface area (Å²) in [7, 11) is 2.07. The van der Waals surface area contributed by atoms with Gasteiger partial charge in [0, 0.05) is 13.1 Å². The smallest absolute Gasteiger partial charge is 0.238 e. The minimum atomic E-state index is -0.880. The van der Waals surface area contributed by atoms with Gasteiger partial charge < -0.3 is 9.80 Å². The van der Waals surface area contributed by atoms with Crippen molar-refractivity contribution in [3.63, 3.8) is 0 Å². The predicted octanol–water partition coefficient (Wildman–Crippen LogP) is 1.35. The van der Waals surface area contributed by atoms with Crippen molar-refractivity contribution < 1.29 is 13.6 Å². The maximum absolute atomic E-state index is 13.4. The van der Waals surface area contributed by atoms with E-state index in [4.69, 9.17) is 0 Å². The summed E-state index contributed by atoms with van der Waals surface area (Å²) in [5.41, 5.74) is 0.589. The molecular formula is C15H19F2N3O. The quantitative estimate of drug-likeness (QED) is 0.914. The van der Waals surface area contributed by atoms with Crippen molar-refractivity contribution in [2.45, 2.75) is 12.6 Å². The molecule has 2 aliphatic heterocycles. The van der Waals surface area contributed by atoms with E-state index >= 15 is 0 Å². The molecule has 2 saturated heterocycles. The van der Waals surface area contributed by atoms with Crippen LogP contribution in [-0.2, 0) is 4.79 Å². The van der Waals surface area contributed by atoms with Crippen LogP contribution in [0.1, 0.15) is 18.2 Å². The standard InChI is InChI=1S/C15H19F2N3O/c1-19-5-4-10(8-19)9-20-14(21)7-18-15(20)11-2-3-12(16)13(17)6-11/h2-3,6,10,15,18H,4-5,7-9H2,1H3. The molecule has 0 spiro atoms. The van der Waals surface area contributed by atoms with Crippen LogP contribution in [0.3, 0.4) is 0 Å². The van der Waals surface area contributed by atoms with Crippen LogP contribution in [0.4, 0.5) is 8.78 Å². The molecule has 2 atom stereocenters. The lowest BCUT2D eigenvalue weighted by atomic mass is 10.1. The molecule has 2 unspecified atom stereocenters. The van der Waals surface area contributed by atoms with E-state index in [1.807, 2.05) is 0 Å². The Bertz CT molecular complexity index is 552. The Morgan fingerprint density at radius 3 is 2.81 bits per heavy atom. The Hall–Kier alpha value is -1.53. The maximum atomic E-state index is 13.4. The summed E-state index contributed by atoms with van der Waals surface area (Å²) >= 11 is 0. The molecular weight excluding hydrogens is 276 g/mol. The van der Waals surface area contributed by atoms with Crippen LogP contribution in [0.2, 0.25) is 0 Å². The van der Waals surface area contributed by atoms with Gasteiger partial charge >= 0.3 is 0 Å². The topological polar surface area (TPSA) is 35.6 Å². The van der Waals surface area contributed by atoms with Gasteiger partial charge in [-0.25, -0.2) is 8.78 Å². The lowest BCUT2D eigenvalue weighted by Crippen LogP contribution is -2.35. The van der Waals surface area contributed by atoms with Crippen molar-refractivity contribution >= 4 is 5.91 Å². The molecule has 1 aromatic rings. The Balaban J connectivity index is 1.77. The number of benzene rings is 1. The number of nitrogens with one attached hydrogen (secondary N) is 1. The maximum Gasteiger partial charge on any atom is 0.238 e. The van der Waals surface area contributed by atoms with Gasteiger partial charge in [-0.1, -0.05) is 6.07 Å². The monoisotopic (exact) mass is 295 g/mol. The third-order valence-electron chi connectivity index (χ3n) is 4.28. The summed E-state index contributed by atoms with van der Waals surface area (Å²) < 4.78 is 26.4. The summed E-state index contributed by atoms with van der Waals surface area (Å²) in [5.74, 6) is -1.30. The molecule has 21 heavy (non-hydrogen) atoms. The summed E-state index contributed by atoms with van der Waals surface area (Å²) in [5, 5.41) is 3.08. The molecule has 0 saturated carbocycles. The van der Waals surface area contributed by atoms with Gasteiger partial charge in [0.2, 0.25) is 5.91 Å². The molecule has 2 fully saturated rings. The van der Waals surface area contributed by atoms with E-state index in [1.54, 1.807) is 4.90 Å². The zero-order chi connectivity index (χ0) is 15.0. The van der Waals surface area contributed by atoms with Crippen LogP contribution in [-0.4, -0.2) is 48.9 Å². The van der Waals surface area contributed by atoms with Gasteiger partial charge in [0.25, 0.3) is 0 Å². The predicted molar refractivity (Wildman–Crippen MR) is 74.4 cm³/mol. The first kappa shape index (κ1) is 14.4. The van der Waals surface area contributed by atoms with Crippen LogP contribution >= 0.6 is 0 Å². The average molecular weight is 295 g/mol. The normalized spacial score (nSPS) is 26.8. The highest BCUT2D eigenvalue weighted by Crippen LogP contribution is 2.27. The van der Waals surface area contributed by atoms with E-state index < -0.39 is 11.6 Å². The van der Waals surface area contributed by atoms with Crippen LogP contribution in [0.25, 0.3) is 0 Å². The van der Waals surface area contributed by atoms with Gasteiger partial charge in [-0.05, 0) is 43.6 Å². The number of nitrogens with zero attached hydrogens (tertiary/aromatic N) is 2. The van der Waals surface area contributed by atoms with Crippen LogP contribution in [0, 0.1) is 17.6 Å². The summed E-state index contributed by atoms with van der Waals surface area (Å²) in [6.45, 7) is 2.90. The number of hydrogen-bond acceptors (Lipinski definition) is 3. The Kier molecular flexibility index (Phi) is 3.91. The minimum absolute atomic E-state index is 0.0132. The third-order valence-corrected chi connectivity index (χ3v) is 4.28. The van der Waals surface area contributed by atoms with E-state index in [0.717, 1.165) is 25.6 Å². The second-order valence-corrected chi connectivity index (χ2v) is 5.92. The van der Waals surface area contributed by atoms with Crippen molar-refractivity contribution in [2.24, 2.45) is 5.92 Å². The lowest BCUT2D eigenvalue weighted by Gasteiger charge is -2.27. The van der Waals surface area contributed by atoms with Crippen molar-refractivity contribution in [3.05, 3.63) is 35.4 Å². The van der Waals surface area contributed by atoms with Gasteiger partial charge in [0.15, 0.2) is 11.6 Å². The molecule has 2 aliphatic rings.